The van der Waals surface area contributed by atoms with Crippen molar-refractivity contribution in [1.82, 2.24) is 15.0 Å². The van der Waals surface area contributed by atoms with Crippen LogP contribution >= 0.6 is 0 Å². The fraction of sp³-hybridized carbons (Fsp3) is 0.273. The lowest BCUT2D eigenvalue weighted by atomic mass is 9.89. The van der Waals surface area contributed by atoms with Crippen molar-refractivity contribution in [2.75, 3.05) is 20.2 Å². The fourth-order valence-corrected chi connectivity index (χ4v) is 3.77. The van der Waals surface area contributed by atoms with E-state index in [-0.39, 0.29) is 17.7 Å². The van der Waals surface area contributed by atoms with Gasteiger partial charge in [0.2, 0.25) is 5.89 Å². The van der Waals surface area contributed by atoms with E-state index in [1.54, 1.807) is 36.1 Å². The first kappa shape index (κ1) is 18.9. The fourth-order valence-electron chi connectivity index (χ4n) is 3.77. The molecule has 2 atom stereocenters. The number of hydrogen-bond donors (Lipinski definition) is 0. The van der Waals surface area contributed by atoms with Gasteiger partial charge in [-0.3, -0.25) is 4.79 Å². The Kier molecular flexibility index (Phi) is 5.12. The number of hydrogen-bond acceptors (Lipinski definition) is 6. The van der Waals surface area contributed by atoms with Crippen LogP contribution < -0.4 is 0 Å². The van der Waals surface area contributed by atoms with Crippen LogP contribution in [0.15, 0.2) is 59.1 Å². The largest absolute Gasteiger partial charge is 0.465 e. The lowest BCUT2D eigenvalue weighted by Crippen LogP contribution is -2.28. The minimum absolute atomic E-state index is 0.0642. The van der Waals surface area contributed by atoms with E-state index >= 15 is 0 Å². The Labute approximate surface area is 168 Å². The van der Waals surface area contributed by atoms with E-state index in [1.165, 1.54) is 7.11 Å². The molecule has 0 spiro atoms. The van der Waals surface area contributed by atoms with Gasteiger partial charge in [-0.1, -0.05) is 35.5 Å². The molecule has 1 fully saturated rings. The van der Waals surface area contributed by atoms with Crippen molar-refractivity contribution < 1.29 is 18.8 Å². The van der Waals surface area contributed by atoms with Crippen LogP contribution in [0.5, 0.6) is 0 Å². The van der Waals surface area contributed by atoms with Crippen LogP contribution in [0.3, 0.4) is 0 Å². The Balaban J connectivity index is 1.59. The van der Waals surface area contributed by atoms with Gasteiger partial charge >= 0.3 is 5.97 Å². The molecule has 148 valence electrons. The Bertz CT molecular complexity index is 1010. The van der Waals surface area contributed by atoms with Crippen LogP contribution in [-0.4, -0.2) is 47.1 Å². The number of rotatable bonds is 4. The molecule has 29 heavy (non-hydrogen) atoms. The Morgan fingerprint density at radius 1 is 1.00 bits per heavy atom. The van der Waals surface area contributed by atoms with E-state index in [1.807, 2.05) is 18.2 Å². The average molecular weight is 391 g/mol. The van der Waals surface area contributed by atoms with Crippen molar-refractivity contribution in [3.63, 3.8) is 0 Å². The molecule has 1 aliphatic heterocycles. The number of methoxy groups -OCH3 is 1. The van der Waals surface area contributed by atoms with E-state index in [2.05, 4.69) is 22.3 Å². The maximum absolute atomic E-state index is 13.1. The van der Waals surface area contributed by atoms with Gasteiger partial charge in [0.25, 0.3) is 5.91 Å². The number of likely N-dealkylation sites (tertiary alicyclic amines) is 1. The highest BCUT2D eigenvalue weighted by Gasteiger charge is 2.40. The molecule has 0 aliphatic carbocycles. The van der Waals surface area contributed by atoms with Gasteiger partial charge in [-0.15, -0.1) is 0 Å². The number of nitrogens with zero attached hydrogens (tertiary/aromatic N) is 3. The average Bonchev–Trinajstić information content (AvgIpc) is 3.40. The summed E-state index contributed by atoms with van der Waals surface area (Å²) in [5.41, 5.74) is 2.06. The van der Waals surface area contributed by atoms with Crippen LogP contribution in [0, 0.1) is 6.92 Å². The Morgan fingerprint density at radius 3 is 2.28 bits per heavy atom. The topological polar surface area (TPSA) is 85.5 Å². The Hall–Kier alpha value is -3.48. The second-order valence-corrected chi connectivity index (χ2v) is 7.08. The predicted molar refractivity (Wildman–Crippen MR) is 105 cm³/mol. The van der Waals surface area contributed by atoms with E-state index in [0.29, 0.717) is 35.9 Å². The summed E-state index contributed by atoms with van der Waals surface area (Å²) < 4.78 is 10.1. The zero-order valence-corrected chi connectivity index (χ0v) is 16.2. The molecule has 7 nitrogen and oxygen atoms in total. The molecule has 0 radical (unpaired) electrons. The number of carbonyl (C=O) groups excluding carboxylic acids is 2. The highest BCUT2D eigenvalue weighted by Crippen LogP contribution is 2.39. The number of amides is 1. The molecule has 0 N–H and O–H groups in total. The van der Waals surface area contributed by atoms with Gasteiger partial charge in [0, 0.05) is 24.6 Å². The lowest BCUT2D eigenvalue weighted by molar-refractivity contribution is 0.0600. The van der Waals surface area contributed by atoms with E-state index < -0.39 is 5.97 Å². The standard InChI is InChI=1S/C22H21N3O4/c1-14-23-20(29-24-14)19-13-25(12-18(19)15-6-4-3-5-7-15)21(26)16-8-10-17(11-9-16)22(27)28-2/h3-11,18-19H,12-13H2,1-2H3/t18-,19+/m0/s1. The third-order valence-corrected chi connectivity index (χ3v) is 5.25. The minimum Gasteiger partial charge on any atom is -0.465 e. The summed E-state index contributed by atoms with van der Waals surface area (Å²) in [6, 6.07) is 16.6. The molecule has 3 aromatic rings. The lowest BCUT2D eigenvalue weighted by Gasteiger charge is -2.17. The van der Waals surface area contributed by atoms with Crippen molar-refractivity contribution in [3.05, 3.63) is 83.0 Å². The van der Waals surface area contributed by atoms with Gasteiger partial charge in [-0.05, 0) is 36.8 Å². The first-order valence-electron chi connectivity index (χ1n) is 9.39. The molecule has 1 aliphatic rings. The van der Waals surface area contributed by atoms with Gasteiger partial charge in [0.05, 0.1) is 18.6 Å². The SMILES string of the molecule is COC(=O)c1ccc(C(=O)N2C[C@@H](c3ccccc3)[C@H](c3nc(C)no3)C2)cc1. The highest BCUT2D eigenvalue weighted by atomic mass is 16.5. The second kappa shape index (κ2) is 7.87. The summed E-state index contributed by atoms with van der Waals surface area (Å²) in [6.45, 7) is 2.82. The molecule has 0 unspecified atom stereocenters. The maximum atomic E-state index is 13.1. The summed E-state index contributed by atoms with van der Waals surface area (Å²) in [5, 5.41) is 3.92. The zero-order chi connectivity index (χ0) is 20.4. The van der Waals surface area contributed by atoms with E-state index in [4.69, 9.17) is 9.26 Å². The molecular weight excluding hydrogens is 370 g/mol. The maximum Gasteiger partial charge on any atom is 0.337 e. The molecule has 0 saturated carbocycles. The number of benzene rings is 2. The molecule has 1 saturated heterocycles. The van der Waals surface area contributed by atoms with Gasteiger partial charge in [-0.25, -0.2) is 4.79 Å². The number of aryl methyl sites for hydroxylation is 1. The summed E-state index contributed by atoms with van der Waals surface area (Å²) in [4.78, 5) is 30.9. The van der Waals surface area contributed by atoms with Crippen molar-refractivity contribution in [2.24, 2.45) is 0 Å². The summed E-state index contributed by atoms with van der Waals surface area (Å²) in [6.07, 6.45) is 0. The first-order valence-corrected chi connectivity index (χ1v) is 9.39. The number of aromatic nitrogens is 2. The quantitative estimate of drug-likeness (QED) is 0.635. The molecule has 0 bridgehead atoms. The normalized spacial score (nSPS) is 18.6. The van der Waals surface area contributed by atoms with Gasteiger partial charge in [0.15, 0.2) is 5.82 Å². The van der Waals surface area contributed by atoms with Gasteiger partial charge < -0.3 is 14.2 Å². The third-order valence-electron chi connectivity index (χ3n) is 5.25. The van der Waals surface area contributed by atoms with Crippen LogP contribution in [0.2, 0.25) is 0 Å². The van der Waals surface area contributed by atoms with Crippen molar-refractivity contribution in [3.8, 4) is 0 Å². The smallest absolute Gasteiger partial charge is 0.337 e. The molecule has 4 rings (SSSR count). The van der Waals surface area contributed by atoms with Crippen LogP contribution in [-0.2, 0) is 4.74 Å². The number of ether oxygens (including phenoxy) is 1. The van der Waals surface area contributed by atoms with Crippen molar-refractivity contribution in [2.45, 2.75) is 18.8 Å². The van der Waals surface area contributed by atoms with Crippen LogP contribution in [0.25, 0.3) is 0 Å². The zero-order valence-electron chi connectivity index (χ0n) is 16.2. The molecule has 1 aromatic heterocycles. The molecular formula is C22H21N3O4. The Morgan fingerprint density at radius 2 is 1.66 bits per heavy atom. The monoisotopic (exact) mass is 391 g/mol. The third kappa shape index (κ3) is 3.76. The molecule has 7 heteroatoms. The van der Waals surface area contributed by atoms with Crippen LogP contribution in [0.1, 0.15) is 49.8 Å². The molecule has 2 aromatic carbocycles. The second-order valence-electron chi connectivity index (χ2n) is 7.08. The number of esters is 1. The molecule has 1 amide bonds. The van der Waals surface area contributed by atoms with Gasteiger partial charge in [0.1, 0.15) is 0 Å². The van der Waals surface area contributed by atoms with Gasteiger partial charge in [-0.2, -0.15) is 4.98 Å². The summed E-state index contributed by atoms with van der Waals surface area (Å²) in [5.74, 6) is 0.594. The van der Waals surface area contributed by atoms with E-state index in [0.717, 1.165) is 5.56 Å². The van der Waals surface area contributed by atoms with Crippen LogP contribution in [0.4, 0.5) is 0 Å². The number of carbonyl (C=O) groups is 2. The highest BCUT2D eigenvalue weighted by molar-refractivity contribution is 5.96. The van der Waals surface area contributed by atoms with E-state index in [9.17, 15) is 9.59 Å². The summed E-state index contributed by atoms with van der Waals surface area (Å²) >= 11 is 0. The van der Waals surface area contributed by atoms with Crippen molar-refractivity contribution >= 4 is 11.9 Å². The minimum atomic E-state index is -0.429. The summed E-state index contributed by atoms with van der Waals surface area (Å²) in [7, 11) is 1.33. The van der Waals surface area contributed by atoms with Crippen molar-refractivity contribution in [1.29, 1.82) is 0 Å². The first-order chi connectivity index (χ1) is 14.1. The predicted octanol–water partition coefficient (Wildman–Crippen LogP) is 3.19. The molecule has 2 heterocycles.